The Labute approximate surface area is 189 Å². The van der Waals surface area contributed by atoms with Gasteiger partial charge in [0.1, 0.15) is 5.75 Å². The van der Waals surface area contributed by atoms with Gasteiger partial charge >= 0.3 is 0 Å². The number of H-pyrrole nitrogens is 1. The predicted molar refractivity (Wildman–Crippen MR) is 123 cm³/mol. The molecule has 0 spiro atoms. The number of rotatable bonds is 7. The normalized spacial score (nSPS) is 11.5. The number of aryl methyl sites for hydroxylation is 1. The fourth-order valence-electron chi connectivity index (χ4n) is 3.32. The molecule has 0 amide bonds. The lowest BCUT2D eigenvalue weighted by atomic mass is 10.2. The van der Waals surface area contributed by atoms with Gasteiger partial charge in [0.05, 0.1) is 35.1 Å². The molecule has 4 rings (SSSR count). The third-order valence-electron chi connectivity index (χ3n) is 5.16. The first-order valence-corrected chi connectivity index (χ1v) is 11.3. The molecule has 0 aliphatic heterocycles. The van der Waals surface area contributed by atoms with E-state index in [9.17, 15) is 12.8 Å². The maximum Gasteiger partial charge on any atom is 0.240 e. The fraction of sp³-hybridized carbons (Fsp3) is 0.190. The molecule has 10 nitrogen and oxygen atoms in total. The van der Waals surface area contributed by atoms with Gasteiger partial charge in [-0.05, 0) is 50.4 Å². The van der Waals surface area contributed by atoms with Crippen molar-refractivity contribution < 1.29 is 17.5 Å². The van der Waals surface area contributed by atoms with Crippen LogP contribution in [0.25, 0.3) is 10.9 Å². The van der Waals surface area contributed by atoms with Gasteiger partial charge in [-0.1, -0.05) is 0 Å². The molecule has 4 aromatic rings. The molecule has 2 aromatic heterocycles. The van der Waals surface area contributed by atoms with E-state index in [0.29, 0.717) is 17.1 Å². The van der Waals surface area contributed by atoms with E-state index in [2.05, 4.69) is 30.2 Å². The van der Waals surface area contributed by atoms with Gasteiger partial charge in [-0.2, -0.15) is 10.1 Å². The van der Waals surface area contributed by atoms with Gasteiger partial charge in [-0.25, -0.2) is 22.5 Å². The van der Waals surface area contributed by atoms with Crippen LogP contribution in [0.1, 0.15) is 5.69 Å². The maximum absolute atomic E-state index is 14.6. The van der Waals surface area contributed by atoms with Gasteiger partial charge in [0.15, 0.2) is 11.6 Å². The van der Waals surface area contributed by atoms with Crippen molar-refractivity contribution >= 4 is 44.1 Å². The highest BCUT2D eigenvalue weighted by atomic mass is 32.2. The van der Waals surface area contributed by atoms with Gasteiger partial charge in [0.2, 0.25) is 16.0 Å². The highest BCUT2D eigenvalue weighted by Gasteiger charge is 2.18. The van der Waals surface area contributed by atoms with E-state index in [-0.39, 0.29) is 16.7 Å². The van der Waals surface area contributed by atoms with E-state index in [0.717, 1.165) is 22.8 Å². The first-order valence-electron chi connectivity index (χ1n) is 9.83. The Hall–Kier alpha value is -3.77. The summed E-state index contributed by atoms with van der Waals surface area (Å²) in [6, 6.07) is 9.89. The number of aromatic amines is 1. The average molecular weight is 472 g/mol. The second-order valence-corrected chi connectivity index (χ2v) is 9.04. The Kier molecular flexibility index (Phi) is 5.87. The molecule has 2 heterocycles. The van der Waals surface area contributed by atoms with E-state index in [1.807, 2.05) is 25.1 Å². The number of nitrogens with zero attached hydrogens (tertiary/aromatic N) is 4. The third kappa shape index (κ3) is 4.30. The maximum atomic E-state index is 14.6. The van der Waals surface area contributed by atoms with Crippen molar-refractivity contribution in [1.82, 2.24) is 24.9 Å². The number of halogens is 1. The van der Waals surface area contributed by atoms with Crippen LogP contribution < -0.4 is 19.7 Å². The number of aromatic nitrogens is 4. The van der Waals surface area contributed by atoms with Crippen molar-refractivity contribution in [2.45, 2.75) is 11.8 Å². The van der Waals surface area contributed by atoms with Crippen molar-refractivity contribution in [2.75, 3.05) is 31.4 Å². The number of ether oxygens (including phenoxy) is 1. The number of sulfonamides is 1. The second-order valence-electron chi connectivity index (χ2n) is 7.16. The van der Waals surface area contributed by atoms with Crippen molar-refractivity contribution in [1.29, 1.82) is 0 Å². The summed E-state index contributed by atoms with van der Waals surface area (Å²) >= 11 is 0. The Morgan fingerprint density at radius 3 is 2.70 bits per heavy atom. The van der Waals surface area contributed by atoms with Crippen LogP contribution in [0.2, 0.25) is 0 Å². The van der Waals surface area contributed by atoms with Crippen LogP contribution in [0.4, 0.5) is 27.5 Å². The van der Waals surface area contributed by atoms with Gasteiger partial charge < -0.3 is 15.0 Å². The minimum atomic E-state index is -3.68. The van der Waals surface area contributed by atoms with Crippen molar-refractivity contribution in [2.24, 2.45) is 0 Å². The van der Waals surface area contributed by atoms with Crippen molar-refractivity contribution in [3.8, 4) is 5.75 Å². The average Bonchev–Trinajstić information content (AvgIpc) is 3.19. The van der Waals surface area contributed by atoms with Gasteiger partial charge in [-0.3, -0.25) is 5.10 Å². The number of fused-ring (bicyclic) bond motifs is 1. The van der Waals surface area contributed by atoms with Crippen LogP contribution in [-0.4, -0.2) is 49.8 Å². The molecule has 33 heavy (non-hydrogen) atoms. The zero-order valence-corrected chi connectivity index (χ0v) is 19.2. The predicted octanol–water partition coefficient (Wildman–Crippen LogP) is 3.23. The van der Waals surface area contributed by atoms with Crippen LogP contribution in [0.5, 0.6) is 5.75 Å². The zero-order valence-electron chi connectivity index (χ0n) is 18.3. The summed E-state index contributed by atoms with van der Waals surface area (Å²) in [5.41, 5.74) is 2.69. The largest absolute Gasteiger partial charge is 0.495 e. The van der Waals surface area contributed by atoms with Gasteiger partial charge in [0.25, 0.3) is 0 Å². The molecule has 2 aromatic carbocycles. The topological polar surface area (TPSA) is 125 Å². The first-order chi connectivity index (χ1) is 15.7. The van der Waals surface area contributed by atoms with E-state index in [1.165, 1.54) is 32.4 Å². The molecule has 0 atom stereocenters. The van der Waals surface area contributed by atoms with E-state index < -0.39 is 15.8 Å². The molecular weight excluding hydrogens is 449 g/mol. The summed E-state index contributed by atoms with van der Waals surface area (Å²) in [5, 5.41) is 11.0. The van der Waals surface area contributed by atoms with Crippen LogP contribution in [0.3, 0.4) is 0 Å². The quantitative estimate of drug-likeness (QED) is 0.375. The van der Waals surface area contributed by atoms with E-state index in [4.69, 9.17) is 4.74 Å². The van der Waals surface area contributed by atoms with Gasteiger partial charge in [0, 0.05) is 18.1 Å². The minimum absolute atomic E-state index is 0.0240. The summed E-state index contributed by atoms with van der Waals surface area (Å²) in [7, 11) is 0.768. The minimum Gasteiger partial charge on any atom is -0.495 e. The standard InChI is InChI=1S/C21H22FN7O3S/c1-12-15-7-5-13(9-17(15)28-27-12)29(3)20-16(22)11-24-21(26-20)25-18-10-14(33(30,31)23-2)6-8-19(18)32-4/h5-11,23H,1-4H3,(H,27,28)(H,24,25,26). The van der Waals surface area contributed by atoms with Crippen LogP contribution in [0.15, 0.2) is 47.5 Å². The van der Waals surface area contributed by atoms with Crippen LogP contribution >= 0.6 is 0 Å². The summed E-state index contributed by atoms with van der Waals surface area (Å²) in [6.07, 6.45) is 1.04. The molecule has 3 N–H and O–H groups in total. The Morgan fingerprint density at radius 2 is 1.97 bits per heavy atom. The second kappa shape index (κ2) is 8.64. The molecule has 0 bridgehead atoms. The molecule has 0 aliphatic carbocycles. The zero-order chi connectivity index (χ0) is 23.8. The highest BCUT2D eigenvalue weighted by Crippen LogP contribution is 2.32. The Morgan fingerprint density at radius 1 is 1.18 bits per heavy atom. The lowest BCUT2D eigenvalue weighted by Crippen LogP contribution is -2.18. The third-order valence-corrected chi connectivity index (χ3v) is 6.58. The first kappa shape index (κ1) is 22.4. The number of hydrogen-bond acceptors (Lipinski definition) is 8. The van der Waals surface area contributed by atoms with Crippen molar-refractivity contribution in [3.05, 3.63) is 54.1 Å². The Bertz CT molecular complexity index is 1440. The molecule has 0 saturated carbocycles. The molecule has 0 fully saturated rings. The molecule has 0 unspecified atom stereocenters. The number of nitrogens with one attached hydrogen (secondary N) is 3. The number of anilines is 4. The van der Waals surface area contributed by atoms with E-state index >= 15 is 0 Å². The van der Waals surface area contributed by atoms with Crippen LogP contribution in [-0.2, 0) is 10.0 Å². The highest BCUT2D eigenvalue weighted by molar-refractivity contribution is 7.89. The lowest BCUT2D eigenvalue weighted by molar-refractivity contribution is 0.416. The SMILES string of the molecule is CNS(=O)(=O)c1ccc(OC)c(Nc2ncc(F)c(N(C)c3ccc4c(C)n[nH]c4c3)n2)c1. The number of benzene rings is 2. The smallest absolute Gasteiger partial charge is 0.240 e. The number of methoxy groups -OCH3 is 1. The molecule has 0 aliphatic rings. The summed E-state index contributed by atoms with van der Waals surface area (Å²) < 4.78 is 46.6. The van der Waals surface area contributed by atoms with Crippen molar-refractivity contribution in [3.63, 3.8) is 0 Å². The molecular formula is C21H22FN7O3S. The molecule has 0 radical (unpaired) electrons. The van der Waals surface area contributed by atoms with E-state index in [1.54, 1.807) is 11.9 Å². The Balaban J connectivity index is 1.69. The molecule has 0 saturated heterocycles. The fourth-order valence-corrected chi connectivity index (χ4v) is 4.08. The summed E-state index contributed by atoms with van der Waals surface area (Å²) in [4.78, 5) is 9.89. The lowest BCUT2D eigenvalue weighted by Gasteiger charge is -2.20. The molecule has 172 valence electrons. The van der Waals surface area contributed by atoms with Crippen LogP contribution in [0, 0.1) is 12.7 Å². The molecule has 12 heteroatoms. The summed E-state index contributed by atoms with van der Waals surface area (Å²) in [6.45, 7) is 1.90. The summed E-state index contributed by atoms with van der Waals surface area (Å²) in [5.74, 6) is -0.162. The number of hydrogen-bond donors (Lipinski definition) is 3. The monoisotopic (exact) mass is 471 g/mol. The van der Waals surface area contributed by atoms with Gasteiger partial charge in [-0.15, -0.1) is 0 Å².